The van der Waals surface area contributed by atoms with Crippen LogP contribution in [0.1, 0.15) is 39.2 Å². The summed E-state index contributed by atoms with van der Waals surface area (Å²) < 4.78 is 20.3. The van der Waals surface area contributed by atoms with Crippen molar-refractivity contribution in [3.05, 3.63) is 90.4 Å². The molecule has 2 fully saturated rings. The first-order valence-electron chi connectivity index (χ1n) is 13.8. The molecule has 0 radical (unpaired) electrons. The third kappa shape index (κ3) is 4.52. The maximum absolute atomic E-state index is 14.4. The minimum absolute atomic E-state index is 0.0108. The molecule has 0 saturated carbocycles. The van der Waals surface area contributed by atoms with Crippen LogP contribution in [-0.2, 0) is 11.3 Å². The van der Waals surface area contributed by atoms with Crippen molar-refractivity contribution >= 4 is 34.2 Å². The second-order valence-corrected chi connectivity index (χ2v) is 11.1. The van der Waals surface area contributed by atoms with Gasteiger partial charge in [0.2, 0.25) is 0 Å². The van der Waals surface area contributed by atoms with Crippen LogP contribution in [-0.4, -0.2) is 46.1 Å². The van der Waals surface area contributed by atoms with Crippen LogP contribution in [0.5, 0.6) is 5.75 Å². The number of imide groups is 1. The van der Waals surface area contributed by atoms with Gasteiger partial charge in [-0.1, -0.05) is 18.2 Å². The van der Waals surface area contributed by atoms with Crippen molar-refractivity contribution in [1.29, 1.82) is 0 Å². The highest BCUT2D eigenvalue weighted by atomic mass is 19.1. The fourth-order valence-corrected chi connectivity index (χ4v) is 6.18. The van der Waals surface area contributed by atoms with E-state index in [1.807, 2.05) is 50.4 Å². The third-order valence-corrected chi connectivity index (χ3v) is 8.00. The van der Waals surface area contributed by atoms with Crippen LogP contribution >= 0.6 is 0 Å². The Morgan fingerprint density at radius 1 is 1.02 bits per heavy atom. The van der Waals surface area contributed by atoms with E-state index in [0.717, 1.165) is 22.2 Å². The predicted octanol–water partition coefficient (Wildman–Crippen LogP) is 6.49. The van der Waals surface area contributed by atoms with Crippen LogP contribution in [0.3, 0.4) is 0 Å². The Morgan fingerprint density at radius 2 is 1.85 bits per heavy atom. The lowest BCUT2D eigenvalue weighted by Gasteiger charge is -2.45. The van der Waals surface area contributed by atoms with Gasteiger partial charge in [0, 0.05) is 41.9 Å². The van der Waals surface area contributed by atoms with Crippen molar-refractivity contribution in [3.63, 3.8) is 0 Å². The number of nitrogens with one attached hydrogen (secondary N) is 1. The normalized spacial score (nSPS) is 21.8. The number of hydrogen-bond acceptors (Lipinski definition) is 4. The summed E-state index contributed by atoms with van der Waals surface area (Å²) in [4.78, 5) is 36.7. The first-order valence-corrected chi connectivity index (χ1v) is 13.8. The Labute approximate surface area is 233 Å². The molecule has 2 saturated heterocycles. The van der Waals surface area contributed by atoms with E-state index >= 15 is 0 Å². The summed E-state index contributed by atoms with van der Waals surface area (Å²) in [5.74, 6) is 0.113. The number of H-pyrrole nitrogens is 1. The number of ether oxygens (including phenoxy) is 1. The largest absolute Gasteiger partial charge is 0.491 e. The Kier molecular flexibility index (Phi) is 6.58. The molecule has 3 amide bonds. The number of carbonyl (C=O) groups is 2. The van der Waals surface area contributed by atoms with Gasteiger partial charge in [0.15, 0.2) is 0 Å². The average molecular weight is 541 g/mol. The molecule has 7 nitrogen and oxygen atoms in total. The second-order valence-electron chi connectivity index (χ2n) is 11.1. The van der Waals surface area contributed by atoms with Gasteiger partial charge in [-0.25, -0.2) is 14.1 Å². The van der Waals surface area contributed by atoms with Crippen LogP contribution in [0.2, 0.25) is 0 Å². The van der Waals surface area contributed by atoms with E-state index in [2.05, 4.69) is 28.9 Å². The molecule has 6 rings (SSSR count). The van der Waals surface area contributed by atoms with E-state index in [-0.39, 0.29) is 18.1 Å². The number of fused-ring (bicyclic) bond motifs is 1. The standard InChI is InChI=1S/C32H33FN4O3/c1-21(2)40-28-9-4-6-23(16-28)20-35-15-13-32(19-22(35)3)30(38)36(26-10-11-29-24(17-26)12-14-34-29)31(39)37(32)27-8-5-7-25(33)18-27/h4-12,14,16-18,21-22,34H,13,15,19-20H2,1-3H3/t22-,32+/m0/s1. The number of carbonyl (C=O) groups excluding carboxylic acids is 2. The van der Waals surface area contributed by atoms with Gasteiger partial charge < -0.3 is 9.72 Å². The molecule has 4 aromatic rings. The minimum atomic E-state index is -1.11. The van der Waals surface area contributed by atoms with Gasteiger partial charge in [0.1, 0.15) is 17.1 Å². The summed E-state index contributed by atoms with van der Waals surface area (Å²) in [5, 5.41) is 0.906. The Hall–Kier alpha value is -4.17. The summed E-state index contributed by atoms with van der Waals surface area (Å²) in [6.07, 6.45) is 2.78. The Balaban J connectivity index is 1.33. The first-order chi connectivity index (χ1) is 19.2. The maximum Gasteiger partial charge on any atom is 0.336 e. The van der Waals surface area contributed by atoms with Gasteiger partial charge in [-0.3, -0.25) is 14.6 Å². The number of benzene rings is 3. The monoisotopic (exact) mass is 540 g/mol. The van der Waals surface area contributed by atoms with Gasteiger partial charge in [0.25, 0.3) is 5.91 Å². The molecule has 2 aliphatic heterocycles. The lowest BCUT2D eigenvalue weighted by molar-refractivity contribution is -0.123. The molecule has 1 N–H and O–H groups in total. The molecule has 8 heteroatoms. The number of urea groups is 1. The summed E-state index contributed by atoms with van der Waals surface area (Å²) in [6.45, 7) is 7.39. The van der Waals surface area contributed by atoms with Crippen molar-refractivity contribution in [2.24, 2.45) is 0 Å². The van der Waals surface area contributed by atoms with Crippen LogP contribution in [0.25, 0.3) is 10.9 Å². The number of hydrogen-bond donors (Lipinski definition) is 1. The van der Waals surface area contributed by atoms with Crippen molar-refractivity contribution in [1.82, 2.24) is 9.88 Å². The number of halogens is 1. The molecule has 0 unspecified atom stereocenters. The number of aromatic amines is 1. The van der Waals surface area contributed by atoms with Crippen molar-refractivity contribution < 1.29 is 18.7 Å². The molecule has 3 heterocycles. The third-order valence-electron chi connectivity index (χ3n) is 8.00. The van der Waals surface area contributed by atoms with E-state index in [1.54, 1.807) is 18.2 Å². The number of anilines is 2. The zero-order valence-corrected chi connectivity index (χ0v) is 22.9. The summed E-state index contributed by atoms with van der Waals surface area (Å²) >= 11 is 0. The average Bonchev–Trinajstić information content (AvgIpc) is 3.46. The first kappa shape index (κ1) is 26.1. The van der Waals surface area contributed by atoms with Crippen LogP contribution in [0.15, 0.2) is 79.0 Å². The quantitative estimate of drug-likeness (QED) is 0.284. The fourth-order valence-electron chi connectivity index (χ4n) is 6.18. The lowest BCUT2D eigenvalue weighted by atomic mass is 9.81. The van der Waals surface area contributed by atoms with Gasteiger partial charge in [0.05, 0.1) is 11.8 Å². The molecule has 1 spiro atoms. The van der Waals surface area contributed by atoms with E-state index in [9.17, 15) is 14.0 Å². The van der Waals surface area contributed by atoms with Gasteiger partial charge in [-0.05, 0) is 93.8 Å². The highest BCUT2D eigenvalue weighted by Crippen LogP contribution is 2.44. The van der Waals surface area contributed by atoms with E-state index in [4.69, 9.17) is 4.74 Å². The highest BCUT2D eigenvalue weighted by Gasteiger charge is 2.60. The van der Waals surface area contributed by atoms with Crippen molar-refractivity contribution in [2.45, 2.75) is 57.8 Å². The molecule has 0 bridgehead atoms. The van der Waals surface area contributed by atoms with Gasteiger partial charge >= 0.3 is 6.03 Å². The molecule has 0 aliphatic carbocycles. The van der Waals surface area contributed by atoms with E-state index < -0.39 is 17.4 Å². The highest BCUT2D eigenvalue weighted by molar-refractivity contribution is 6.30. The molecule has 2 atom stereocenters. The Morgan fingerprint density at radius 3 is 2.62 bits per heavy atom. The fraction of sp³-hybridized carbons (Fsp3) is 0.312. The van der Waals surface area contributed by atoms with Gasteiger partial charge in [-0.2, -0.15) is 0 Å². The van der Waals surface area contributed by atoms with Gasteiger partial charge in [-0.15, -0.1) is 0 Å². The number of likely N-dealkylation sites (tertiary alicyclic amines) is 1. The number of rotatable bonds is 6. The molecule has 1 aromatic heterocycles. The molecular weight excluding hydrogens is 507 g/mol. The molecular formula is C32H33FN4O3. The summed E-state index contributed by atoms with van der Waals surface area (Å²) in [5.41, 5.74) is 1.83. The second kappa shape index (κ2) is 10.1. The predicted molar refractivity (Wildman–Crippen MR) is 154 cm³/mol. The molecule has 2 aliphatic rings. The lowest BCUT2D eigenvalue weighted by Crippen LogP contribution is -2.59. The summed E-state index contributed by atoms with van der Waals surface area (Å²) in [6, 6.07) is 21.0. The van der Waals surface area contributed by atoms with E-state index in [0.29, 0.717) is 37.3 Å². The minimum Gasteiger partial charge on any atom is -0.491 e. The number of amides is 3. The van der Waals surface area contributed by atoms with Crippen molar-refractivity contribution in [3.8, 4) is 5.75 Å². The zero-order valence-electron chi connectivity index (χ0n) is 22.9. The molecule has 3 aromatic carbocycles. The Bertz CT molecular complexity index is 1580. The number of piperidine rings is 1. The van der Waals surface area contributed by atoms with Crippen LogP contribution < -0.4 is 14.5 Å². The maximum atomic E-state index is 14.4. The summed E-state index contributed by atoms with van der Waals surface area (Å²) in [7, 11) is 0. The molecule has 40 heavy (non-hydrogen) atoms. The zero-order chi connectivity index (χ0) is 28.0. The van der Waals surface area contributed by atoms with Crippen LogP contribution in [0.4, 0.5) is 20.6 Å². The number of aromatic nitrogens is 1. The van der Waals surface area contributed by atoms with Crippen molar-refractivity contribution in [2.75, 3.05) is 16.3 Å². The smallest absolute Gasteiger partial charge is 0.336 e. The van der Waals surface area contributed by atoms with E-state index in [1.165, 1.54) is 21.9 Å². The SMILES string of the molecule is CC(C)Oc1cccc(CN2CC[C@@]3(C[C@@H]2C)C(=O)N(c2ccc4[nH]ccc4c2)C(=O)N3c2cccc(F)c2)c1. The number of nitrogens with zero attached hydrogens (tertiary/aromatic N) is 3. The van der Waals surface area contributed by atoms with Crippen LogP contribution in [0, 0.1) is 5.82 Å². The molecule has 206 valence electrons. The topological polar surface area (TPSA) is 68.9 Å².